The third-order valence-corrected chi connectivity index (χ3v) is 4.38. The van der Waals surface area contributed by atoms with Crippen molar-refractivity contribution in [3.8, 4) is 0 Å². The highest BCUT2D eigenvalue weighted by molar-refractivity contribution is 5.48. The van der Waals surface area contributed by atoms with Gasteiger partial charge in [-0.15, -0.1) is 0 Å². The van der Waals surface area contributed by atoms with Gasteiger partial charge in [-0.05, 0) is 50.7 Å². The lowest BCUT2D eigenvalue weighted by Gasteiger charge is -2.37. The van der Waals surface area contributed by atoms with Crippen molar-refractivity contribution in [3.05, 3.63) is 24.0 Å². The van der Waals surface area contributed by atoms with Crippen LogP contribution in [0.3, 0.4) is 0 Å². The van der Waals surface area contributed by atoms with Crippen molar-refractivity contribution in [2.24, 2.45) is 0 Å². The van der Waals surface area contributed by atoms with Crippen LogP contribution in [0.2, 0.25) is 0 Å². The van der Waals surface area contributed by atoms with Crippen molar-refractivity contribution in [3.63, 3.8) is 0 Å². The van der Waals surface area contributed by atoms with Crippen LogP contribution < -0.4 is 10.2 Å². The molecule has 1 unspecified atom stereocenters. The monoisotopic (exact) mass is 259 g/mol. The van der Waals surface area contributed by atoms with Gasteiger partial charge in [0, 0.05) is 37.1 Å². The molecule has 3 rings (SSSR count). The zero-order valence-corrected chi connectivity index (χ0v) is 11.9. The molecule has 0 spiro atoms. The predicted molar refractivity (Wildman–Crippen MR) is 79.4 cm³/mol. The summed E-state index contributed by atoms with van der Waals surface area (Å²) in [5, 5.41) is 3.55. The van der Waals surface area contributed by atoms with E-state index in [0.717, 1.165) is 18.6 Å². The second kappa shape index (κ2) is 5.91. The van der Waals surface area contributed by atoms with E-state index < -0.39 is 0 Å². The summed E-state index contributed by atoms with van der Waals surface area (Å²) in [5.41, 5.74) is 2.55. The van der Waals surface area contributed by atoms with E-state index in [4.69, 9.17) is 0 Å². The lowest BCUT2D eigenvalue weighted by atomic mass is 9.99. The Hall–Kier alpha value is -1.09. The first-order chi connectivity index (χ1) is 9.36. The molecule has 2 heterocycles. The van der Waals surface area contributed by atoms with E-state index in [9.17, 15) is 0 Å². The number of aromatic nitrogens is 1. The molecule has 2 fully saturated rings. The molecule has 1 N–H and O–H groups in total. The molecule has 0 radical (unpaired) electrons. The molecule has 104 valence electrons. The van der Waals surface area contributed by atoms with Crippen molar-refractivity contribution >= 4 is 5.69 Å². The van der Waals surface area contributed by atoms with Gasteiger partial charge in [0.05, 0.1) is 5.69 Å². The minimum atomic E-state index is 0.723. The van der Waals surface area contributed by atoms with Crippen LogP contribution in [0.4, 0.5) is 5.69 Å². The predicted octanol–water partition coefficient (Wildman–Crippen LogP) is 3.10. The summed E-state index contributed by atoms with van der Waals surface area (Å²) in [6, 6.07) is 5.93. The normalized spacial score (nSPS) is 23.6. The van der Waals surface area contributed by atoms with Gasteiger partial charge in [-0.25, -0.2) is 0 Å². The number of hydrogen-bond acceptors (Lipinski definition) is 3. The fourth-order valence-electron chi connectivity index (χ4n) is 3.04. The van der Waals surface area contributed by atoms with Gasteiger partial charge in [-0.2, -0.15) is 0 Å². The number of hydrogen-bond donors (Lipinski definition) is 1. The molecule has 1 saturated carbocycles. The van der Waals surface area contributed by atoms with Crippen molar-refractivity contribution in [1.82, 2.24) is 10.3 Å². The van der Waals surface area contributed by atoms with Crippen LogP contribution in [0.5, 0.6) is 0 Å². The zero-order valence-electron chi connectivity index (χ0n) is 11.9. The number of piperidine rings is 1. The highest BCUT2D eigenvalue weighted by Crippen LogP contribution is 2.26. The highest BCUT2D eigenvalue weighted by Gasteiger charge is 2.22. The maximum atomic E-state index is 4.50. The van der Waals surface area contributed by atoms with Gasteiger partial charge in [-0.1, -0.05) is 6.92 Å². The first kappa shape index (κ1) is 12.9. The molecule has 1 aromatic rings. The van der Waals surface area contributed by atoms with Gasteiger partial charge in [0.1, 0.15) is 0 Å². The zero-order chi connectivity index (χ0) is 13.1. The topological polar surface area (TPSA) is 28.2 Å². The Bertz CT molecular complexity index is 414. The van der Waals surface area contributed by atoms with Crippen LogP contribution in [0.1, 0.15) is 51.1 Å². The molecule has 1 aromatic heterocycles. The molecule has 3 nitrogen and oxygen atoms in total. The van der Waals surface area contributed by atoms with Crippen LogP contribution >= 0.6 is 0 Å². The lowest BCUT2D eigenvalue weighted by molar-refractivity contribution is 0.449. The third-order valence-electron chi connectivity index (χ3n) is 4.38. The van der Waals surface area contributed by atoms with Crippen LogP contribution in [0.15, 0.2) is 18.3 Å². The lowest BCUT2D eigenvalue weighted by Crippen LogP contribution is -2.39. The maximum absolute atomic E-state index is 4.50. The smallest absolute Gasteiger partial charge is 0.0562 e. The van der Waals surface area contributed by atoms with Gasteiger partial charge in [0.2, 0.25) is 0 Å². The molecule has 1 aliphatic carbocycles. The van der Waals surface area contributed by atoms with E-state index in [-0.39, 0.29) is 0 Å². The molecular formula is C16H25N3. The van der Waals surface area contributed by atoms with Crippen molar-refractivity contribution in [1.29, 1.82) is 0 Å². The van der Waals surface area contributed by atoms with E-state index in [1.54, 1.807) is 0 Å². The average molecular weight is 259 g/mol. The van der Waals surface area contributed by atoms with E-state index in [1.165, 1.54) is 56.5 Å². The quantitative estimate of drug-likeness (QED) is 0.880. The maximum Gasteiger partial charge on any atom is 0.0562 e. The van der Waals surface area contributed by atoms with Crippen LogP contribution in [0, 0.1) is 0 Å². The van der Waals surface area contributed by atoms with Crippen LogP contribution in [-0.4, -0.2) is 23.6 Å². The molecule has 3 heteroatoms. The van der Waals surface area contributed by atoms with Crippen LogP contribution in [-0.2, 0) is 6.54 Å². The summed E-state index contributed by atoms with van der Waals surface area (Å²) < 4.78 is 0. The van der Waals surface area contributed by atoms with Crippen molar-refractivity contribution < 1.29 is 0 Å². The second-order valence-corrected chi connectivity index (χ2v) is 5.91. The fraction of sp³-hybridized carbons (Fsp3) is 0.688. The Morgan fingerprint density at radius 3 is 3.00 bits per heavy atom. The molecular weight excluding hydrogens is 234 g/mol. The first-order valence-electron chi connectivity index (χ1n) is 7.82. The summed E-state index contributed by atoms with van der Waals surface area (Å²) in [4.78, 5) is 7.08. The van der Waals surface area contributed by atoms with E-state index in [0.29, 0.717) is 0 Å². The molecule has 0 amide bonds. The first-order valence-corrected chi connectivity index (χ1v) is 7.82. The summed E-state index contributed by atoms with van der Waals surface area (Å²) in [5.74, 6) is 0. The van der Waals surface area contributed by atoms with Gasteiger partial charge in [0.25, 0.3) is 0 Å². The minimum Gasteiger partial charge on any atom is -0.368 e. The third kappa shape index (κ3) is 3.27. The molecule has 0 aromatic carbocycles. The van der Waals surface area contributed by atoms with Crippen molar-refractivity contribution in [2.45, 2.75) is 64.1 Å². The summed E-state index contributed by atoms with van der Waals surface area (Å²) in [7, 11) is 0. The molecule has 0 bridgehead atoms. The highest BCUT2D eigenvalue weighted by atomic mass is 15.2. The molecule has 1 atom stereocenters. The Balaban J connectivity index is 1.69. The van der Waals surface area contributed by atoms with E-state index >= 15 is 0 Å². The number of rotatable bonds is 5. The molecule has 1 saturated heterocycles. The summed E-state index contributed by atoms with van der Waals surface area (Å²) in [6.07, 6.45) is 9.95. The standard InChI is InChI=1S/C16H25N3/c1-2-15-5-3-4-10-19(15)16-8-9-17-14(11-16)12-18-13-6-7-13/h8-9,11,13,15,18H,2-7,10,12H2,1H3. The van der Waals surface area contributed by atoms with Gasteiger partial charge >= 0.3 is 0 Å². The number of nitrogens with one attached hydrogen (secondary N) is 1. The number of pyridine rings is 1. The van der Waals surface area contributed by atoms with Crippen molar-refractivity contribution in [2.75, 3.05) is 11.4 Å². The number of anilines is 1. The molecule has 2 aliphatic rings. The molecule has 19 heavy (non-hydrogen) atoms. The fourth-order valence-corrected chi connectivity index (χ4v) is 3.04. The Labute approximate surface area is 116 Å². The second-order valence-electron chi connectivity index (χ2n) is 5.91. The van der Waals surface area contributed by atoms with Gasteiger partial charge in [0.15, 0.2) is 0 Å². The minimum absolute atomic E-state index is 0.723. The van der Waals surface area contributed by atoms with E-state index in [2.05, 4.69) is 34.3 Å². The molecule has 1 aliphatic heterocycles. The Morgan fingerprint density at radius 1 is 1.32 bits per heavy atom. The van der Waals surface area contributed by atoms with Gasteiger partial charge < -0.3 is 10.2 Å². The largest absolute Gasteiger partial charge is 0.368 e. The SMILES string of the molecule is CCC1CCCCN1c1ccnc(CNC2CC2)c1. The summed E-state index contributed by atoms with van der Waals surface area (Å²) in [6.45, 7) is 4.43. The number of nitrogens with zero attached hydrogens (tertiary/aromatic N) is 2. The average Bonchev–Trinajstić information content (AvgIpc) is 3.29. The van der Waals surface area contributed by atoms with Gasteiger partial charge in [-0.3, -0.25) is 4.98 Å². The Kier molecular flexibility index (Phi) is 4.02. The van der Waals surface area contributed by atoms with Crippen LogP contribution in [0.25, 0.3) is 0 Å². The Morgan fingerprint density at radius 2 is 2.21 bits per heavy atom. The van der Waals surface area contributed by atoms with E-state index in [1.807, 2.05) is 6.20 Å². The summed E-state index contributed by atoms with van der Waals surface area (Å²) >= 11 is 0.